The van der Waals surface area contributed by atoms with E-state index in [-0.39, 0.29) is 11.7 Å². The number of ketones is 1. The lowest BCUT2D eigenvalue weighted by Crippen LogP contribution is -2.58. The number of carbonyl (C=O) groups is 2. The van der Waals surface area contributed by atoms with E-state index in [1.807, 2.05) is 90.8 Å². The van der Waals surface area contributed by atoms with Crippen molar-refractivity contribution in [3.8, 4) is 6.07 Å². The molecule has 3 aromatic carbocycles. The highest BCUT2D eigenvalue weighted by molar-refractivity contribution is 6.18. The molecule has 0 aliphatic carbocycles. The second-order valence-corrected chi connectivity index (χ2v) is 9.05. The van der Waals surface area contributed by atoms with Gasteiger partial charge in [0.1, 0.15) is 0 Å². The normalized spacial score (nSPS) is 25.9. The number of rotatable bonds is 3. The molecule has 3 heterocycles. The maximum Gasteiger partial charge on any atom is 0.251 e. The van der Waals surface area contributed by atoms with Gasteiger partial charge in [-0.25, -0.2) is 0 Å². The SMILES string of the molecule is CN1C[C@@H](c2ccccc2)[C@](C#N)(C(=O)c2c[nH]c3ccccc23)C12C(=O)Nc1ccccc12. The molecule has 1 amide bonds. The van der Waals surface area contributed by atoms with Crippen molar-refractivity contribution < 1.29 is 9.59 Å². The van der Waals surface area contributed by atoms with Crippen LogP contribution >= 0.6 is 0 Å². The number of Topliss-reactive ketones (excluding diaryl/α,β-unsaturated/α-hetero) is 1. The molecule has 6 nitrogen and oxygen atoms in total. The molecule has 2 N–H and O–H groups in total. The molecule has 0 saturated carbocycles. The number of nitrogens with zero attached hydrogens (tertiary/aromatic N) is 2. The van der Waals surface area contributed by atoms with Crippen molar-refractivity contribution in [3.05, 3.63) is 102 Å². The van der Waals surface area contributed by atoms with Gasteiger partial charge < -0.3 is 10.3 Å². The number of likely N-dealkylation sites (tertiary alicyclic amines) is 1. The maximum atomic E-state index is 14.7. The Morgan fingerprint density at radius 3 is 2.53 bits per heavy atom. The van der Waals surface area contributed by atoms with Crippen LogP contribution in [0.5, 0.6) is 0 Å². The molecular weight excluding hydrogens is 424 g/mol. The number of amides is 1. The molecule has 166 valence electrons. The van der Waals surface area contributed by atoms with E-state index >= 15 is 0 Å². The first kappa shape index (κ1) is 20.4. The van der Waals surface area contributed by atoms with Gasteiger partial charge in [-0.2, -0.15) is 5.26 Å². The molecule has 4 aromatic rings. The molecule has 1 spiro atoms. The van der Waals surface area contributed by atoms with Gasteiger partial charge in [-0.1, -0.05) is 66.7 Å². The topological polar surface area (TPSA) is 89.0 Å². The Morgan fingerprint density at radius 2 is 1.74 bits per heavy atom. The summed E-state index contributed by atoms with van der Waals surface area (Å²) in [6, 6.07) is 26.9. The molecule has 6 heteroatoms. The molecule has 1 unspecified atom stereocenters. The van der Waals surface area contributed by atoms with Gasteiger partial charge in [0, 0.05) is 46.4 Å². The van der Waals surface area contributed by atoms with Crippen LogP contribution in [0.25, 0.3) is 10.9 Å². The minimum Gasteiger partial charge on any atom is -0.360 e. The van der Waals surface area contributed by atoms with E-state index in [0.717, 1.165) is 16.5 Å². The van der Waals surface area contributed by atoms with Gasteiger partial charge in [0.2, 0.25) is 0 Å². The molecule has 2 aliphatic rings. The number of hydrogen-bond acceptors (Lipinski definition) is 4. The summed E-state index contributed by atoms with van der Waals surface area (Å²) in [5.74, 6) is -1.20. The predicted octanol–water partition coefficient (Wildman–Crippen LogP) is 4.44. The van der Waals surface area contributed by atoms with Gasteiger partial charge in [0.15, 0.2) is 16.7 Å². The van der Waals surface area contributed by atoms with Crippen molar-refractivity contribution >= 4 is 28.3 Å². The lowest BCUT2D eigenvalue weighted by molar-refractivity contribution is -0.128. The number of likely N-dealkylation sites (N-methyl/N-ethyl adjacent to an activating group) is 1. The zero-order valence-corrected chi connectivity index (χ0v) is 18.6. The Kier molecular flexibility index (Phi) is 4.29. The standard InChI is InChI=1S/C28H22N4O2/c1-32-16-22(18-9-3-2-4-10-18)27(17-29,25(33)20-15-30-23-13-7-5-11-19(20)23)28(32)21-12-6-8-14-24(21)31-26(28)34/h2-15,22,30H,16H2,1H3,(H,31,34)/t22-,27+,28?/m0/s1. The summed E-state index contributed by atoms with van der Waals surface area (Å²) >= 11 is 0. The fraction of sp³-hybridized carbons (Fsp3) is 0.179. The van der Waals surface area contributed by atoms with Crippen molar-refractivity contribution in [2.75, 3.05) is 18.9 Å². The number of anilines is 1. The first-order valence-corrected chi connectivity index (χ1v) is 11.2. The van der Waals surface area contributed by atoms with Crippen LogP contribution in [0.4, 0.5) is 5.69 Å². The summed E-state index contributed by atoms with van der Waals surface area (Å²) in [5, 5.41) is 14.7. The van der Waals surface area contributed by atoms with Crippen LogP contribution < -0.4 is 5.32 Å². The van der Waals surface area contributed by atoms with Gasteiger partial charge in [0.25, 0.3) is 5.91 Å². The van der Waals surface area contributed by atoms with Gasteiger partial charge >= 0.3 is 0 Å². The molecular formula is C28H22N4O2. The predicted molar refractivity (Wildman–Crippen MR) is 129 cm³/mol. The number of fused-ring (bicyclic) bond motifs is 3. The van der Waals surface area contributed by atoms with Crippen LogP contribution in [0.15, 0.2) is 85.1 Å². The summed E-state index contributed by atoms with van der Waals surface area (Å²) in [5.41, 5.74) is 0.240. The van der Waals surface area contributed by atoms with E-state index in [2.05, 4.69) is 16.4 Å². The number of aromatic amines is 1. The molecule has 2 aliphatic heterocycles. The highest BCUT2D eigenvalue weighted by Crippen LogP contribution is 2.63. The number of H-pyrrole nitrogens is 1. The largest absolute Gasteiger partial charge is 0.360 e. The Labute approximate surface area is 196 Å². The van der Waals surface area contributed by atoms with Crippen molar-refractivity contribution in [1.29, 1.82) is 5.26 Å². The summed E-state index contributed by atoms with van der Waals surface area (Å²) in [4.78, 5) is 33.6. The summed E-state index contributed by atoms with van der Waals surface area (Å²) in [7, 11) is 1.83. The fourth-order valence-corrected chi connectivity index (χ4v) is 6.16. The Bertz CT molecular complexity index is 1500. The van der Waals surface area contributed by atoms with E-state index < -0.39 is 16.9 Å². The van der Waals surface area contributed by atoms with E-state index in [4.69, 9.17) is 0 Å². The molecule has 3 atom stereocenters. The minimum atomic E-state index is -1.69. The Morgan fingerprint density at radius 1 is 1.03 bits per heavy atom. The first-order chi connectivity index (χ1) is 16.6. The highest BCUT2D eigenvalue weighted by atomic mass is 16.2. The molecule has 0 radical (unpaired) electrons. The van der Waals surface area contributed by atoms with Crippen molar-refractivity contribution in [2.24, 2.45) is 5.41 Å². The molecule has 1 saturated heterocycles. The van der Waals surface area contributed by atoms with Crippen LogP contribution in [-0.4, -0.2) is 35.2 Å². The van der Waals surface area contributed by atoms with Gasteiger partial charge in [-0.05, 0) is 24.7 Å². The number of nitrogens with one attached hydrogen (secondary N) is 2. The van der Waals surface area contributed by atoms with Crippen LogP contribution in [0, 0.1) is 16.7 Å². The second-order valence-electron chi connectivity index (χ2n) is 9.05. The highest BCUT2D eigenvalue weighted by Gasteiger charge is 2.74. The molecule has 6 rings (SSSR count). The van der Waals surface area contributed by atoms with Crippen LogP contribution in [0.2, 0.25) is 0 Å². The van der Waals surface area contributed by atoms with Gasteiger partial charge in [-0.15, -0.1) is 0 Å². The minimum absolute atomic E-state index is 0.343. The van der Waals surface area contributed by atoms with Crippen molar-refractivity contribution in [3.63, 3.8) is 0 Å². The van der Waals surface area contributed by atoms with Gasteiger partial charge in [0.05, 0.1) is 6.07 Å². The number of benzene rings is 3. The molecule has 0 bridgehead atoms. The number of aromatic nitrogens is 1. The van der Waals surface area contributed by atoms with Crippen LogP contribution in [-0.2, 0) is 10.3 Å². The van der Waals surface area contributed by atoms with E-state index in [1.165, 1.54) is 0 Å². The number of nitriles is 1. The third kappa shape index (κ3) is 2.32. The van der Waals surface area contributed by atoms with E-state index in [1.54, 1.807) is 6.20 Å². The molecule has 34 heavy (non-hydrogen) atoms. The van der Waals surface area contributed by atoms with Crippen molar-refractivity contribution in [1.82, 2.24) is 9.88 Å². The maximum absolute atomic E-state index is 14.7. The third-order valence-corrected chi connectivity index (χ3v) is 7.59. The van der Waals surface area contributed by atoms with E-state index in [9.17, 15) is 14.9 Å². The summed E-state index contributed by atoms with van der Waals surface area (Å²) < 4.78 is 0. The molecule has 1 fully saturated rings. The monoisotopic (exact) mass is 446 g/mol. The zero-order chi connectivity index (χ0) is 23.5. The Balaban J connectivity index is 1.69. The second kappa shape index (κ2) is 7.14. The quantitative estimate of drug-likeness (QED) is 0.456. The van der Waals surface area contributed by atoms with E-state index in [0.29, 0.717) is 23.4 Å². The summed E-state index contributed by atoms with van der Waals surface area (Å²) in [6.07, 6.45) is 1.67. The first-order valence-electron chi connectivity index (χ1n) is 11.2. The fourth-order valence-electron chi connectivity index (χ4n) is 6.16. The number of carbonyl (C=O) groups excluding carboxylic acids is 2. The zero-order valence-electron chi connectivity index (χ0n) is 18.6. The Hall–Kier alpha value is -4.21. The lowest BCUT2D eigenvalue weighted by Gasteiger charge is -2.41. The van der Waals surface area contributed by atoms with Crippen LogP contribution in [0.3, 0.4) is 0 Å². The van der Waals surface area contributed by atoms with Crippen molar-refractivity contribution in [2.45, 2.75) is 11.5 Å². The number of hydrogen-bond donors (Lipinski definition) is 2. The summed E-state index contributed by atoms with van der Waals surface area (Å²) in [6.45, 7) is 0.382. The lowest BCUT2D eigenvalue weighted by atomic mass is 9.58. The average Bonchev–Trinajstić information content (AvgIpc) is 3.51. The molecule has 1 aromatic heterocycles. The number of para-hydroxylation sites is 2. The smallest absolute Gasteiger partial charge is 0.251 e. The van der Waals surface area contributed by atoms with Crippen LogP contribution in [0.1, 0.15) is 27.4 Å². The third-order valence-electron chi connectivity index (χ3n) is 7.59. The average molecular weight is 447 g/mol. The van der Waals surface area contributed by atoms with Gasteiger partial charge in [-0.3, -0.25) is 14.5 Å².